The number of rotatable bonds is 11. The Kier molecular flexibility index (Phi) is 8.33. The van der Waals surface area contributed by atoms with Crippen LogP contribution in [0.5, 0.6) is 23.0 Å². The SMILES string of the molecule is COc1cc(OC)c(F)c(COc2cnc(Nc3ccc(OCC(O)CO)c(F)c3)nc2)c1F. The number of methoxy groups -OCH3 is 2. The van der Waals surface area contributed by atoms with Crippen molar-refractivity contribution >= 4 is 11.6 Å². The van der Waals surface area contributed by atoms with Crippen molar-refractivity contribution in [2.45, 2.75) is 12.7 Å². The number of benzene rings is 2. The molecule has 3 rings (SSSR count). The fraction of sp³-hybridized carbons (Fsp3) is 0.273. The van der Waals surface area contributed by atoms with E-state index in [4.69, 9.17) is 24.1 Å². The van der Waals surface area contributed by atoms with Crippen LogP contribution in [0.25, 0.3) is 0 Å². The molecule has 1 unspecified atom stereocenters. The Hall–Kier alpha value is -3.77. The van der Waals surface area contributed by atoms with Crippen molar-refractivity contribution in [3.63, 3.8) is 0 Å². The second kappa shape index (κ2) is 11.4. The first-order valence-electron chi connectivity index (χ1n) is 9.88. The average molecular weight is 481 g/mol. The first kappa shape index (κ1) is 24.9. The van der Waals surface area contributed by atoms with Gasteiger partial charge < -0.3 is 34.5 Å². The molecule has 0 bridgehead atoms. The molecular weight excluding hydrogens is 459 g/mol. The lowest BCUT2D eigenvalue weighted by atomic mass is 10.1. The van der Waals surface area contributed by atoms with Crippen LogP contribution < -0.4 is 24.3 Å². The van der Waals surface area contributed by atoms with Gasteiger partial charge in [0.05, 0.1) is 38.8 Å². The van der Waals surface area contributed by atoms with E-state index in [0.29, 0.717) is 5.69 Å². The third kappa shape index (κ3) is 5.97. The molecule has 0 amide bonds. The molecule has 3 aromatic rings. The Bertz CT molecular complexity index is 1090. The lowest BCUT2D eigenvalue weighted by Crippen LogP contribution is -2.21. The van der Waals surface area contributed by atoms with Crippen molar-refractivity contribution in [2.75, 3.05) is 32.8 Å². The zero-order valence-electron chi connectivity index (χ0n) is 18.2. The van der Waals surface area contributed by atoms with E-state index in [1.165, 1.54) is 38.7 Å². The molecule has 34 heavy (non-hydrogen) atoms. The van der Waals surface area contributed by atoms with E-state index in [0.717, 1.165) is 12.1 Å². The van der Waals surface area contributed by atoms with Gasteiger partial charge in [-0.05, 0) is 12.1 Å². The number of hydrogen-bond donors (Lipinski definition) is 3. The number of ether oxygens (including phenoxy) is 4. The molecule has 182 valence electrons. The number of aromatic nitrogens is 2. The molecule has 0 radical (unpaired) electrons. The van der Waals surface area contributed by atoms with Gasteiger partial charge in [-0.1, -0.05) is 0 Å². The molecule has 0 saturated carbocycles. The van der Waals surface area contributed by atoms with Gasteiger partial charge in [-0.25, -0.2) is 23.1 Å². The Morgan fingerprint density at radius 2 is 1.59 bits per heavy atom. The molecule has 2 aromatic carbocycles. The Morgan fingerprint density at radius 1 is 0.941 bits per heavy atom. The van der Waals surface area contributed by atoms with Gasteiger partial charge in [0, 0.05) is 17.8 Å². The minimum absolute atomic E-state index is 0.101. The summed E-state index contributed by atoms with van der Waals surface area (Å²) in [5.74, 6) is -2.79. The van der Waals surface area contributed by atoms with Gasteiger partial charge in [0.1, 0.15) is 19.3 Å². The van der Waals surface area contributed by atoms with Crippen LogP contribution in [0.2, 0.25) is 0 Å². The van der Waals surface area contributed by atoms with E-state index in [1.54, 1.807) is 0 Å². The van der Waals surface area contributed by atoms with Crippen molar-refractivity contribution in [1.29, 1.82) is 0 Å². The van der Waals surface area contributed by atoms with Gasteiger partial charge in [0.15, 0.2) is 40.4 Å². The second-order valence-electron chi connectivity index (χ2n) is 6.84. The lowest BCUT2D eigenvalue weighted by Gasteiger charge is -2.13. The fourth-order valence-corrected chi connectivity index (χ4v) is 2.74. The molecule has 0 aliphatic heterocycles. The Morgan fingerprint density at radius 3 is 2.15 bits per heavy atom. The van der Waals surface area contributed by atoms with Crippen LogP contribution in [0.1, 0.15) is 5.56 Å². The molecule has 1 atom stereocenters. The number of nitrogens with zero attached hydrogens (tertiary/aromatic N) is 2. The van der Waals surface area contributed by atoms with Gasteiger partial charge in [0.25, 0.3) is 0 Å². The highest BCUT2D eigenvalue weighted by atomic mass is 19.1. The lowest BCUT2D eigenvalue weighted by molar-refractivity contribution is 0.0523. The van der Waals surface area contributed by atoms with E-state index in [-0.39, 0.29) is 41.1 Å². The molecule has 12 heteroatoms. The van der Waals surface area contributed by atoms with E-state index < -0.39 is 36.8 Å². The highest BCUT2D eigenvalue weighted by molar-refractivity contribution is 5.55. The number of aliphatic hydroxyl groups is 2. The topological polar surface area (TPSA) is 115 Å². The predicted octanol–water partition coefficient (Wildman–Crippen LogP) is 2.97. The molecule has 9 nitrogen and oxygen atoms in total. The van der Waals surface area contributed by atoms with Crippen molar-refractivity contribution in [3.8, 4) is 23.0 Å². The van der Waals surface area contributed by atoms with Crippen LogP contribution in [0.15, 0.2) is 36.7 Å². The normalized spacial score (nSPS) is 11.6. The van der Waals surface area contributed by atoms with Crippen molar-refractivity contribution < 1.29 is 42.3 Å². The monoisotopic (exact) mass is 481 g/mol. The Balaban J connectivity index is 1.64. The maximum absolute atomic E-state index is 14.4. The molecule has 0 saturated heterocycles. The minimum Gasteiger partial charge on any atom is -0.494 e. The van der Waals surface area contributed by atoms with Crippen LogP contribution in [-0.4, -0.2) is 53.7 Å². The zero-order chi connectivity index (χ0) is 24.7. The molecule has 0 spiro atoms. The quantitative estimate of drug-likeness (QED) is 0.380. The number of nitrogens with one attached hydrogen (secondary N) is 1. The summed E-state index contributed by atoms with van der Waals surface area (Å²) in [6, 6.07) is 5.07. The largest absolute Gasteiger partial charge is 0.494 e. The summed E-state index contributed by atoms with van der Waals surface area (Å²) in [5, 5.41) is 20.8. The maximum Gasteiger partial charge on any atom is 0.227 e. The number of anilines is 2. The summed E-state index contributed by atoms with van der Waals surface area (Å²) in [5.41, 5.74) is -0.0727. The number of hydrogen-bond acceptors (Lipinski definition) is 9. The number of halogens is 3. The molecule has 3 N–H and O–H groups in total. The molecule has 1 heterocycles. The van der Waals surface area contributed by atoms with E-state index in [1.807, 2.05) is 0 Å². The van der Waals surface area contributed by atoms with Crippen molar-refractivity contribution in [2.24, 2.45) is 0 Å². The van der Waals surface area contributed by atoms with Gasteiger partial charge >= 0.3 is 0 Å². The van der Waals surface area contributed by atoms with Crippen molar-refractivity contribution in [3.05, 3.63) is 59.7 Å². The minimum atomic E-state index is -1.12. The first-order chi connectivity index (χ1) is 16.4. The maximum atomic E-state index is 14.4. The molecule has 0 aliphatic rings. The smallest absolute Gasteiger partial charge is 0.227 e. The predicted molar refractivity (Wildman–Crippen MR) is 114 cm³/mol. The summed E-state index contributed by atoms with van der Waals surface area (Å²) >= 11 is 0. The molecule has 1 aromatic heterocycles. The van der Waals surface area contributed by atoms with E-state index in [9.17, 15) is 18.3 Å². The first-order valence-corrected chi connectivity index (χ1v) is 9.88. The summed E-state index contributed by atoms with van der Waals surface area (Å²) < 4.78 is 63.3. The van der Waals surface area contributed by atoms with Gasteiger partial charge in [-0.15, -0.1) is 0 Å². The van der Waals surface area contributed by atoms with Crippen LogP contribution in [-0.2, 0) is 6.61 Å². The third-order valence-electron chi connectivity index (χ3n) is 4.51. The van der Waals surface area contributed by atoms with Crippen LogP contribution >= 0.6 is 0 Å². The van der Waals surface area contributed by atoms with Gasteiger partial charge in [-0.3, -0.25) is 0 Å². The second-order valence-corrected chi connectivity index (χ2v) is 6.84. The van der Waals surface area contributed by atoms with Crippen LogP contribution in [0, 0.1) is 17.5 Å². The number of aliphatic hydroxyl groups excluding tert-OH is 2. The highest BCUT2D eigenvalue weighted by Gasteiger charge is 2.20. The molecule has 0 fully saturated rings. The summed E-state index contributed by atoms with van der Waals surface area (Å²) in [4.78, 5) is 8.05. The zero-order valence-corrected chi connectivity index (χ0v) is 18.2. The van der Waals surface area contributed by atoms with Crippen molar-refractivity contribution in [1.82, 2.24) is 9.97 Å². The van der Waals surface area contributed by atoms with Crippen LogP contribution in [0.3, 0.4) is 0 Å². The van der Waals surface area contributed by atoms with Gasteiger partial charge in [0.2, 0.25) is 5.95 Å². The summed E-state index contributed by atoms with van der Waals surface area (Å²) in [6.07, 6.45) is 1.42. The highest BCUT2D eigenvalue weighted by Crippen LogP contribution is 2.32. The third-order valence-corrected chi connectivity index (χ3v) is 4.51. The van der Waals surface area contributed by atoms with Gasteiger partial charge in [-0.2, -0.15) is 0 Å². The Labute approximate surface area is 192 Å². The summed E-state index contributed by atoms with van der Waals surface area (Å²) in [6.45, 7) is -1.24. The van der Waals surface area contributed by atoms with E-state index >= 15 is 0 Å². The van der Waals surface area contributed by atoms with E-state index in [2.05, 4.69) is 15.3 Å². The van der Waals surface area contributed by atoms with Crippen LogP contribution in [0.4, 0.5) is 24.8 Å². The molecular formula is C22H22F3N3O6. The summed E-state index contributed by atoms with van der Waals surface area (Å²) in [7, 11) is 2.49. The fourth-order valence-electron chi connectivity index (χ4n) is 2.74. The standard InChI is InChI=1S/C22H22F3N3O6/c1-31-18-6-19(32-2)21(25)15(20(18)24)11-33-14-7-26-22(27-8-14)28-12-3-4-17(16(23)5-12)34-10-13(30)9-29/h3-8,13,29-30H,9-11H2,1-2H3,(H,26,27,28). The molecule has 0 aliphatic carbocycles. The average Bonchev–Trinajstić information content (AvgIpc) is 2.84.